The van der Waals surface area contributed by atoms with Crippen LogP contribution in [-0.4, -0.2) is 10.8 Å². The summed E-state index contributed by atoms with van der Waals surface area (Å²) in [5.41, 5.74) is 3.61. The molecule has 3 aromatic rings. The summed E-state index contributed by atoms with van der Waals surface area (Å²) in [6.45, 7) is 1.52. The number of benzene rings is 2. The van der Waals surface area contributed by atoms with Crippen LogP contribution in [0.1, 0.15) is 22.3 Å². The first-order valence-electron chi connectivity index (χ1n) is 7.76. The summed E-state index contributed by atoms with van der Waals surface area (Å²) in [6.07, 6.45) is 1.61. The molecule has 2 aromatic carbocycles. The Morgan fingerprint density at radius 2 is 2.08 bits per heavy atom. The normalized spacial score (nSPS) is 11.0. The highest BCUT2D eigenvalue weighted by atomic mass is 79.9. The van der Waals surface area contributed by atoms with Crippen LogP contribution < -0.4 is 5.32 Å². The van der Waals surface area contributed by atoms with Gasteiger partial charge in [-0.1, -0.05) is 40.2 Å². The molecule has 4 nitrogen and oxygen atoms in total. The van der Waals surface area contributed by atoms with Gasteiger partial charge >= 0.3 is 0 Å². The maximum atomic E-state index is 11.5. The van der Waals surface area contributed by atoms with Gasteiger partial charge < -0.3 is 5.32 Å². The Labute approximate surface area is 164 Å². The molecule has 0 unspecified atom stereocenters. The Morgan fingerprint density at radius 3 is 2.81 bits per heavy atom. The van der Waals surface area contributed by atoms with E-state index in [2.05, 4.69) is 32.3 Å². The molecule has 0 aliphatic rings. The van der Waals surface area contributed by atoms with E-state index in [1.807, 2.05) is 35.7 Å². The lowest BCUT2D eigenvalue weighted by Gasteiger charge is -2.03. The van der Waals surface area contributed by atoms with Crippen molar-refractivity contribution in [3.8, 4) is 17.3 Å². The van der Waals surface area contributed by atoms with Crippen molar-refractivity contribution in [2.24, 2.45) is 0 Å². The summed E-state index contributed by atoms with van der Waals surface area (Å²) < 4.78 is 0.979. The van der Waals surface area contributed by atoms with Gasteiger partial charge in [0.05, 0.1) is 5.69 Å². The van der Waals surface area contributed by atoms with E-state index >= 15 is 0 Å². The third-order valence-electron chi connectivity index (χ3n) is 3.63. The van der Waals surface area contributed by atoms with E-state index in [1.54, 1.807) is 24.4 Å². The molecule has 1 N–H and O–H groups in total. The van der Waals surface area contributed by atoms with E-state index in [0.29, 0.717) is 16.1 Å². The van der Waals surface area contributed by atoms with Crippen LogP contribution in [0.15, 0.2) is 64.6 Å². The monoisotopic (exact) mass is 423 g/mol. The van der Waals surface area contributed by atoms with E-state index in [0.717, 1.165) is 21.4 Å². The molecule has 0 bridgehead atoms. The van der Waals surface area contributed by atoms with Crippen LogP contribution in [0.3, 0.4) is 0 Å². The molecule has 0 aliphatic heterocycles. The lowest BCUT2D eigenvalue weighted by Crippen LogP contribution is -1.95. The molecule has 0 radical (unpaired) electrons. The van der Waals surface area contributed by atoms with Crippen molar-refractivity contribution in [3.63, 3.8) is 0 Å². The van der Waals surface area contributed by atoms with Gasteiger partial charge in [-0.2, -0.15) is 5.26 Å². The van der Waals surface area contributed by atoms with E-state index in [9.17, 15) is 10.1 Å². The highest BCUT2D eigenvalue weighted by molar-refractivity contribution is 9.10. The maximum Gasteiger partial charge on any atom is 0.159 e. The van der Waals surface area contributed by atoms with Gasteiger partial charge in [-0.25, -0.2) is 4.98 Å². The van der Waals surface area contributed by atoms with Crippen LogP contribution in [-0.2, 0) is 0 Å². The zero-order valence-electron chi connectivity index (χ0n) is 13.9. The van der Waals surface area contributed by atoms with Crippen molar-refractivity contribution < 1.29 is 4.79 Å². The Kier molecular flexibility index (Phi) is 5.61. The molecule has 1 heterocycles. The molecule has 0 atom stereocenters. The SMILES string of the molecule is CC(=O)c1cccc(NC=C(C#N)c2nc(-c3cccc(Br)c3)cs2)c1. The topological polar surface area (TPSA) is 65.8 Å². The summed E-state index contributed by atoms with van der Waals surface area (Å²) in [7, 11) is 0. The number of aromatic nitrogens is 1. The zero-order chi connectivity index (χ0) is 18.5. The molecule has 0 aliphatic carbocycles. The summed E-state index contributed by atoms with van der Waals surface area (Å²) in [5, 5.41) is 15.1. The number of allylic oxidation sites excluding steroid dienone is 1. The van der Waals surface area contributed by atoms with Gasteiger partial charge in [0.2, 0.25) is 0 Å². The molecule has 0 spiro atoms. The van der Waals surface area contributed by atoms with Crippen molar-refractivity contribution in [1.29, 1.82) is 5.26 Å². The lowest BCUT2D eigenvalue weighted by atomic mass is 10.1. The Hall–Kier alpha value is -2.75. The lowest BCUT2D eigenvalue weighted by molar-refractivity contribution is 0.101. The number of ketones is 1. The second kappa shape index (κ2) is 8.09. The van der Waals surface area contributed by atoms with Crippen molar-refractivity contribution in [1.82, 2.24) is 4.98 Å². The van der Waals surface area contributed by atoms with Crippen LogP contribution in [0.5, 0.6) is 0 Å². The number of rotatable bonds is 5. The first-order chi connectivity index (χ1) is 12.6. The molecule has 0 fully saturated rings. The number of carbonyl (C=O) groups is 1. The fourth-order valence-electron chi connectivity index (χ4n) is 2.30. The molecular weight excluding hydrogens is 410 g/mol. The van der Waals surface area contributed by atoms with E-state index in [-0.39, 0.29) is 5.78 Å². The summed E-state index contributed by atoms with van der Waals surface area (Å²) in [4.78, 5) is 16.0. The van der Waals surface area contributed by atoms with Gasteiger partial charge in [0.25, 0.3) is 0 Å². The Bertz CT molecular complexity index is 1030. The number of nitrogens with zero attached hydrogens (tertiary/aromatic N) is 2. The zero-order valence-corrected chi connectivity index (χ0v) is 16.3. The maximum absolute atomic E-state index is 11.5. The number of carbonyl (C=O) groups excluding carboxylic acids is 1. The van der Waals surface area contributed by atoms with Gasteiger partial charge in [0.15, 0.2) is 5.78 Å². The number of hydrogen-bond acceptors (Lipinski definition) is 5. The van der Waals surface area contributed by atoms with Crippen LogP contribution >= 0.6 is 27.3 Å². The molecule has 1 aromatic heterocycles. The van der Waals surface area contributed by atoms with Crippen LogP contribution in [0.25, 0.3) is 16.8 Å². The van der Waals surface area contributed by atoms with E-state index in [4.69, 9.17) is 0 Å². The van der Waals surface area contributed by atoms with Crippen molar-refractivity contribution in [2.75, 3.05) is 5.32 Å². The smallest absolute Gasteiger partial charge is 0.159 e. The minimum Gasteiger partial charge on any atom is -0.360 e. The third kappa shape index (κ3) is 4.26. The Balaban J connectivity index is 1.83. The fourth-order valence-corrected chi connectivity index (χ4v) is 3.50. The molecule has 0 saturated carbocycles. The first kappa shape index (κ1) is 18.1. The predicted octanol–water partition coefficient (Wildman–Crippen LogP) is 5.75. The summed E-state index contributed by atoms with van der Waals surface area (Å²) >= 11 is 4.87. The second-order valence-electron chi connectivity index (χ2n) is 5.50. The molecule has 128 valence electrons. The number of Topliss-reactive ketones (excluding diaryl/α,β-unsaturated/α-hetero) is 1. The third-order valence-corrected chi connectivity index (χ3v) is 5.00. The second-order valence-corrected chi connectivity index (χ2v) is 7.27. The number of nitriles is 1. The van der Waals surface area contributed by atoms with Crippen LogP contribution in [0.4, 0.5) is 5.69 Å². The van der Waals surface area contributed by atoms with Gasteiger partial charge in [-0.3, -0.25) is 4.79 Å². The van der Waals surface area contributed by atoms with Gasteiger partial charge in [-0.05, 0) is 31.2 Å². The summed E-state index contributed by atoms with van der Waals surface area (Å²) in [5.74, 6) is -0.00303. The Morgan fingerprint density at radius 1 is 1.27 bits per heavy atom. The van der Waals surface area contributed by atoms with Crippen molar-refractivity contribution in [2.45, 2.75) is 6.92 Å². The number of thiazole rings is 1. The highest BCUT2D eigenvalue weighted by Crippen LogP contribution is 2.27. The van der Waals surface area contributed by atoms with E-state index < -0.39 is 0 Å². The molecular formula is C20H14BrN3OS. The van der Waals surface area contributed by atoms with Crippen molar-refractivity contribution in [3.05, 3.63) is 75.2 Å². The predicted molar refractivity (Wildman–Crippen MR) is 109 cm³/mol. The minimum absolute atomic E-state index is 0.00303. The average Bonchev–Trinajstić information content (AvgIpc) is 3.12. The van der Waals surface area contributed by atoms with Crippen molar-refractivity contribution >= 4 is 44.3 Å². The summed E-state index contributed by atoms with van der Waals surface area (Å²) in [6, 6.07) is 17.2. The van der Waals surface area contributed by atoms with Gasteiger partial charge in [0, 0.05) is 32.9 Å². The standard InChI is InChI=1S/C20H14BrN3OS/c1-13(25)14-4-3-7-18(9-14)23-11-16(10-22)20-24-19(12-26-20)15-5-2-6-17(21)8-15/h2-9,11-12,23H,1H3. The largest absolute Gasteiger partial charge is 0.360 e. The average molecular weight is 424 g/mol. The van der Waals surface area contributed by atoms with Gasteiger partial charge in [0.1, 0.15) is 16.6 Å². The van der Waals surface area contributed by atoms with Gasteiger partial charge in [-0.15, -0.1) is 11.3 Å². The molecule has 3 rings (SSSR count). The first-order valence-corrected chi connectivity index (χ1v) is 9.44. The quantitative estimate of drug-likeness (QED) is 0.418. The number of halogens is 1. The minimum atomic E-state index is -0.00303. The molecule has 0 saturated heterocycles. The number of hydrogen-bond donors (Lipinski definition) is 1. The van der Waals surface area contributed by atoms with Crippen LogP contribution in [0.2, 0.25) is 0 Å². The molecule has 26 heavy (non-hydrogen) atoms. The van der Waals surface area contributed by atoms with E-state index in [1.165, 1.54) is 18.3 Å². The highest BCUT2D eigenvalue weighted by Gasteiger charge is 2.09. The van der Waals surface area contributed by atoms with Crippen LogP contribution in [0, 0.1) is 11.3 Å². The number of nitrogens with one attached hydrogen (secondary N) is 1. The molecule has 6 heteroatoms. The fraction of sp³-hybridized carbons (Fsp3) is 0.0500. The molecule has 0 amide bonds. The number of anilines is 1.